The summed E-state index contributed by atoms with van der Waals surface area (Å²) < 4.78 is 0. The Balaban J connectivity index is 3.12. The first-order chi connectivity index (χ1) is 31.6. The highest BCUT2D eigenvalue weighted by Crippen LogP contribution is 2.14. The predicted molar refractivity (Wildman–Crippen MR) is 244 cm³/mol. The number of primary amides is 2. The van der Waals surface area contributed by atoms with Crippen LogP contribution in [0.2, 0.25) is 0 Å². The van der Waals surface area contributed by atoms with Crippen LogP contribution < -0.4 is 54.4 Å². The number of carboxylic acid groups (broad SMARTS) is 2. The van der Waals surface area contributed by atoms with E-state index in [2.05, 4.69) is 37.2 Å². The third-order valence-electron chi connectivity index (χ3n) is 10.4. The maximum atomic E-state index is 13.6. The SMILES string of the molecule is CC(C)C[C@H](NC(=O)[C@H](CC(N)=O)NC(=O)[C@@H](NC(=O)[C@@H](N)CCC(=O)O)C(C)C)[C@@H](O)CC(=O)N[C@H](C(=O)N[C@@H](C)C(=O)N[C@@H](CCC(=O)O)C(=O)N[C@@H](Cc1ccccc1)C(N)=O)C(C)C. The number of aliphatic hydroxyl groups is 1. The van der Waals surface area contributed by atoms with Gasteiger partial charge in [-0.2, -0.15) is 0 Å². The van der Waals surface area contributed by atoms with Crippen LogP contribution in [-0.2, 0) is 59.2 Å². The number of nitrogens with one attached hydrogen (secondary N) is 7. The molecule has 9 atom stereocenters. The summed E-state index contributed by atoms with van der Waals surface area (Å²) in [7, 11) is 0. The van der Waals surface area contributed by atoms with Gasteiger partial charge in [-0.05, 0) is 49.5 Å². The fourth-order valence-electron chi connectivity index (χ4n) is 6.63. The van der Waals surface area contributed by atoms with Gasteiger partial charge in [-0.25, -0.2) is 0 Å². The summed E-state index contributed by atoms with van der Waals surface area (Å²) in [5.74, 6) is -11.9. The molecule has 24 nitrogen and oxygen atoms in total. The Morgan fingerprint density at radius 3 is 1.57 bits per heavy atom. The molecule has 1 aromatic carbocycles. The molecule has 0 aliphatic rings. The lowest BCUT2D eigenvalue weighted by Crippen LogP contribution is -2.59. The van der Waals surface area contributed by atoms with E-state index in [0.717, 1.165) is 0 Å². The molecular formula is C44H70N10O14. The third-order valence-corrected chi connectivity index (χ3v) is 10.4. The number of carbonyl (C=O) groups excluding carboxylic acids is 9. The van der Waals surface area contributed by atoms with Crippen molar-refractivity contribution in [2.24, 2.45) is 35.0 Å². The van der Waals surface area contributed by atoms with Crippen molar-refractivity contribution in [3.63, 3.8) is 0 Å². The molecule has 0 aromatic heterocycles. The van der Waals surface area contributed by atoms with Crippen molar-refractivity contribution < 1.29 is 68.1 Å². The van der Waals surface area contributed by atoms with Crippen molar-refractivity contribution in [3.05, 3.63) is 35.9 Å². The van der Waals surface area contributed by atoms with Gasteiger partial charge in [-0.15, -0.1) is 0 Å². The monoisotopic (exact) mass is 963 g/mol. The molecule has 24 heteroatoms. The van der Waals surface area contributed by atoms with E-state index in [1.807, 2.05) is 0 Å². The highest BCUT2D eigenvalue weighted by molar-refractivity contribution is 5.97. The largest absolute Gasteiger partial charge is 0.481 e. The number of hydrogen-bond acceptors (Lipinski definition) is 13. The van der Waals surface area contributed by atoms with Gasteiger partial charge < -0.3 is 69.7 Å². The molecule has 0 aliphatic heterocycles. The normalized spacial score (nSPS) is 15.2. The van der Waals surface area contributed by atoms with Gasteiger partial charge in [-0.1, -0.05) is 71.9 Å². The summed E-state index contributed by atoms with van der Waals surface area (Å²) in [6.45, 7) is 11.1. The molecule has 0 unspecified atom stereocenters. The molecule has 0 saturated heterocycles. The van der Waals surface area contributed by atoms with E-state index in [1.165, 1.54) is 6.92 Å². The van der Waals surface area contributed by atoms with E-state index in [0.29, 0.717) is 5.56 Å². The lowest BCUT2D eigenvalue weighted by molar-refractivity contribution is -0.139. The van der Waals surface area contributed by atoms with Crippen LogP contribution in [0.3, 0.4) is 0 Å². The highest BCUT2D eigenvalue weighted by Gasteiger charge is 2.35. The van der Waals surface area contributed by atoms with Crippen LogP contribution in [0.15, 0.2) is 30.3 Å². The molecule has 16 N–H and O–H groups in total. The zero-order chi connectivity index (χ0) is 52.0. The molecule has 0 bridgehead atoms. The zero-order valence-corrected chi connectivity index (χ0v) is 39.5. The second-order valence-electron chi connectivity index (χ2n) is 17.7. The van der Waals surface area contributed by atoms with Gasteiger partial charge in [0.2, 0.25) is 53.2 Å². The molecule has 0 heterocycles. The fourth-order valence-corrected chi connectivity index (χ4v) is 6.63. The van der Waals surface area contributed by atoms with E-state index in [9.17, 15) is 63.0 Å². The summed E-state index contributed by atoms with van der Waals surface area (Å²) in [4.78, 5) is 140. The van der Waals surface area contributed by atoms with Crippen LogP contribution >= 0.6 is 0 Å². The zero-order valence-electron chi connectivity index (χ0n) is 39.5. The van der Waals surface area contributed by atoms with Gasteiger partial charge in [-0.3, -0.25) is 52.7 Å². The number of carboxylic acids is 2. The van der Waals surface area contributed by atoms with Crippen molar-refractivity contribution in [2.75, 3.05) is 0 Å². The lowest BCUT2D eigenvalue weighted by atomic mass is 9.95. The van der Waals surface area contributed by atoms with E-state index in [-0.39, 0.29) is 31.6 Å². The Morgan fingerprint density at radius 2 is 1.06 bits per heavy atom. The Morgan fingerprint density at radius 1 is 0.559 bits per heavy atom. The maximum absolute atomic E-state index is 13.6. The van der Waals surface area contributed by atoms with E-state index < -0.39 is 157 Å². The van der Waals surface area contributed by atoms with E-state index in [1.54, 1.807) is 71.9 Å². The topological polar surface area (TPSA) is 411 Å². The predicted octanol–water partition coefficient (Wildman–Crippen LogP) is -2.83. The van der Waals surface area contributed by atoms with Gasteiger partial charge >= 0.3 is 11.9 Å². The number of aliphatic carboxylic acids is 2. The molecule has 9 amide bonds. The minimum absolute atomic E-state index is 0.0115. The van der Waals surface area contributed by atoms with Gasteiger partial charge in [0.15, 0.2) is 0 Å². The van der Waals surface area contributed by atoms with Crippen LogP contribution in [-0.4, -0.2) is 135 Å². The molecule has 1 rings (SSSR count). The summed E-state index contributed by atoms with van der Waals surface area (Å²) >= 11 is 0. The molecule has 380 valence electrons. The molecular weight excluding hydrogens is 893 g/mol. The molecule has 0 radical (unpaired) electrons. The number of nitrogens with two attached hydrogens (primary N) is 3. The minimum atomic E-state index is -1.61. The third kappa shape index (κ3) is 22.2. The van der Waals surface area contributed by atoms with E-state index in [4.69, 9.17) is 22.3 Å². The Hall–Kier alpha value is -6.69. The second-order valence-corrected chi connectivity index (χ2v) is 17.7. The average molecular weight is 963 g/mol. The maximum Gasteiger partial charge on any atom is 0.303 e. The van der Waals surface area contributed by atoms with Crippen molar-refractivity contribution >= 4 is 65.1 Å². The van der Waals surface area contributed by atoms with Crippen molar-refractivity contribution in [2.45, 2.75) is 154 Å². The molecule has 0 saturated carbocycles. The second kappa shape index (κ2) is 29.2. The number of rotatable bonds is 31. The number of aliphatic hydroxyl groups excluding tert-OH is 1. The van der Waals surface area contributed by atoms with Crippen molar-refractivity contribution in [1.82, 2.24) is 37.2 Å². The van der Waals surface area contributed by atoms with Crippen LogP contribution in [0.5, 0.6) is 0 Å². The first kappa shape index (κ1) is 59.3. The highest BCUT2D eigenvalue weighted by atomic mass is 16.4. The summed E-state index contributed by atoms with van der Waals surface area (Å²) in [5, 5.41) is 46.7. The number of amides is 9. The van der Waals surface area contributed by atoms with Gasteiger partial charge in [0, 0.05) is 19.3 Å². The summed E-state index contributed by atoms with van der Waals surface area (Å²) in [6, 6.07) is -2.06. The molecule has 0 aliphatic carbocycles. The Bertz CT molecular complexity index is 1930. The summed E-state index contributed by atoms with van der Waals surface area (Å²) in [5.41, 5.74) is 17.4. The minimum Gasteiger partial charge on any atom is -0.481 e. The molecule has 0 fully saturated rings. The first-order valence-corrected chi connectivity index (χ1v) is 22.2. The van der Waals surface area contributed by atoms with Crippen molar-refractivity contribution in [1.29, 1.82) is 0 Å². The quantitative estimate of drug-likeness (QED) is 0.0357. The Kier molecular flexibility index (Phi) is 25.4. The smallest absolute Gasteiger partial charge is 0.303 e. The van der Waals surface area contributed by atoms with Gasteiger partial charge in [0.05, 0.1) is 31.0 Å². The van der Waals surface area contributed by atoms with E-state index >= 15 is 0 Å². The van der Waals surface area contributed by atoms with Crippen LogP contribution in [0.25, 0.3) is 0 Å². The number of benzene rings is 1. The molecule has 68 heavy (non-hydrogen) atoms. The molecule has 1 aromatic rings. The van der Waals surface area contributed by atoms with Crippen LogP contribution in [0.1, 0.15) is 99.0 Å². The fraction of sp³-hybridized carbons (Fsp3) is 0.614. The van der Waals surface area contributed by atoms with Crippen LogP contribution in [0, 0.1) is 17.8 Å². The Labute approximate surface area is 394 Å². The lowest BCUT2D eigenvalue weighted by Gasteiger charge is -2.30. The van der Waals surface area contributed by atoms with Gasteiger partial charge in [0.1, 0.15) is 36.3 Å². The summed E-state index contributed by atoms with van der Waals surface area (Å²) in [6.07, 6.45) is -4.44. The first-order valence-electron chi connectivity index (χ1n) is 22.2. The van der Waals surface area contributed by atoms with Crippen LogP contribution in [0.4, 0.5) is 0 Å². The number of hydrogen-bond donors (Lipinski definition) is 13. The van der Waals surface area contributed by atoms with Gasteiger partial charge in [0.25, 0.3) is 0 Å². The van der Waals surface area contributed by atoms with Crippen molar-refractivity contribution in [3.8, 4) is 0 Å². The molecule has 0 spiro atoms. The average Bonchev–Trinajstić information content (AvgIpc) is 3.23. The number of carbonyl (C=O) groups is 11. The standard InChI is InChI=1S/C44H70N10O14/c1-21(2)17-28(50-42(66)30(19-32(46)56)52-44(68)37(23(5)6)54-40(64)26(45)13-15-34(58)59)31(55)20-33(57)53-36(22(3)4)43(67)48-24(7)39(63)49-27(14-16-35(60)61)41(65)51-29(38(47)62)18-25-11-9-8-10-12-25/h8-12,21-24,26-31,36-37,55H,13-20,45H2,1-7H3,(H2,46,56)(H2,47,62)(H,48,67)(H,49,63)(H,50,66)(H,51,65)(H,52,68)(H,53,57)(H,54,64)(H,58,59)(H,60,61)/t24-,26-,27-,28-,29-,30-,31-,36-,37-/m0/s1.